The third-order valence-electron chi connectivity index (χ3n) is 6.29. The lowest BCUT2D eigenvalue weighted by Crippen LogP contribution is -2.37. The third kappa shape index (κ3) is 7.13. The van der Waals surface area contributed by atoms with Crippen molar-refractivity contribution < 1.29 is 0 Å². The molecule has 0 aromatic rings. The van der Waals surface area contributed by atoms with E-state index >= 15 is 0 Å². The molecule has 0 radical (unpaired) electrons. The summed E-state index contributed by atoms with van der Waals surface area (Å²) in [7, 11) is 0. The van der Waals surface area contributed by atoms with Gasteiger partial charge in [0.2, 0.25) is 0 Å². The molecule has 23 heavy (non-hydrogen) atoms. The van der Waals surface area contributed by atoms with Gasteiger partial charge >= 0.3 is 0 Å². The van der Waals surface area contributed by atoms with Crippen LogP contribution in [0.1, 0.15) is 72.6 Å². The van der Waals surface area contributed by atoms with Gasteiger partial charge in [-0.25, -0.2) is 0 Å². The van der Waals surface area contributed by atoms with E-state index in [1.54, 1.807) is 0 Å². The van der Waals surface area contributed by atoms with Crippen molar-refractivity contribution >= 4 is 0 Å². The molecule has 2 rings (SSSR count). The highest BCUT2D eigenvalue weighted by atomic mass is 15.1. The first-order valence-corrected chi connectivity index (χ1v) is 10.5. The van der Waals surface area contributed by atoms with Crippen LogP contribution in [-0.2, 0) is 0 Å². The van der Waals surface area contributed by atoms with Crippen molar-refractivity contribution in [2.24, 2.45) is 23.7 Å². The molecule has 0 spiro atoms. The van der Waals surface area contributed by atoms with Crippen LogP contribution in [-0.4, -0.2) is 49.1 Å². The maximum absolute atomic E-state index is 2.72. The molecule has 2 fully saturated rings. The topological polar surface area (TPSA) is 6.48 Å². The van der Waals surface area contributed by atoms with Gasteiger partial charge in [-0.1, -0.05) is 47.0 Å². The Morgan fingerprint density at radius 2 is 1.17 bits per heavy atom. The fourth-order valence-corrected chi connectivity index (χ4v) is 4.47. The van der Waals surface area contributed by atoms with Crippen LogP contribution in [0.15, 0.2) is 0 Å². The number of hydrogen-bond acceptors (Lipinski definition) is 2. The van der Waals surface area contributed by atoms with Crippen LogP contribution >= 0.6 is 0 Å². The summed E-state index contributed by atoms with van der Waals surface area (Å²) in [6.07, 6.45) is 10.2. The maximum Gasteiger partial charge on any atom is 0.000692 e. The van der Waals surface area contributed by atoms with E-state index in [0.717, 1.165) is 23.7 Å². The lowest BCUT2D eigenvalue weighted by atomic mass is 9.85. The van der Waals surface area contributed by atoms with E-state index in [2.05, 4.69) is 37.5 Å². The van der Waals surface area contributed by atoms with Crippen molar-refractivity contribution in [1.29, 1.82) is 0 Å². The van der Waals surface area contributed by atoms with Crippen LogP contribution in [0.25, 0.3) is 0 Å². The summed E-state index contributed by atoms with van der Waals surface area (Å²) in [5.74, 6) is 3.75. The molecule has 2 nitrogen and oxygen atoms in total. The zero-order valence-corrected chi connectivity index (χ0v) is 16.4. The first kappa shape index (κ1) is 19.2. The van der Waals surface area contributed by atoms with Crippen LogP contribution < -0.4 is 0 Å². The Morgan fingerprint density at radius 1 is 0.739 bits per heavy atom. The highest BCUT2D eigenvalue weighted by Gasteiger charge is 2.23. The summed E-state index contributed by atoms with van der Waals surface area (Å²) in [5, 5.41) is 0. The van der Waals surface area contributed by atoms with Crippen LogP contribution in [0, 0.1) is 23.7 Å². The molecule has 136 valence electrons. The molecule has 0 aliphatic carbocycles. The zero-order valence-electron chi connectivity index (χ0n) is 16.4. The molecule has 0 amide bonds. The number of piperidine rings is 2. The molecule has 2 aliphatic heterocycles. The summed E-state index contributed by atoms with van der Waals surface area (Å²) >= 11 is 0. The molecule has 1 unspecified atom stereocenters. The smallest absolute Gasteiger partial charge is 0.000692 e. The quantitative estimate of drug-likeness (QED) is 0.627. The second kappa shape index (κ2) is 10.0. The van der Waals surface area contributed by atoms with Crippen LogP contribution in [0.5, 0.6) is 0 Å². The summed E-state index contributed by atoms with van der Waals surface area (Å²) in [5.41, 5.74) is 0. The Bertz CT molecular complexity index is 299. The zero-order chi connectivity index (χ0) is 16.7. The first-order valence-electron chi connectivity index (χ1n) is 10.5. The summed E-state index contributed by atoms with van der Waals surface area (Å²) in [6.45, 7) is 17.5. The van der Waals surface area contributed by atoms with Gasteiger partial charge in [0.1, 0.15) is 0 Å². The van der Waals surface area contributed by atoms with Gasteiger partial charge in [0.25, 0.3) is 0 Å². The third-order valence-corrected chi connectivity index (χ3v) is 6.29. The second-order valence-electron chi connectivity index (χ2n) is 8.97. The highest BCUT2D eigenvalue weighted by Crippen LogP contribution is 2.28. The minimum absolute atomic E-state index is 0.826. The Labute approximate surface area is 146 Å². The van der Waals surface area contributed by atoms with Crippen molar-refractivity contribution in [1.82, 2.24) is 9.80 Å². The van der Waals surface area contributed by atoms with Gasteiger partial charge in [-0.3, -0.25) is 0 Å². The van der Waals surface area contributed by atoms with Crippen molar-refractivity contribution in [2.45, 2.75) is 72.6 Å². The molecule has 2 heteroatoms. The Morgan fingerprint density at radius 3 is 1.57 bits per heavy atom. The summed E-state index contributed by atoms with van der Waals surface area (Å²) < 4.78 is 0. The van der Waals surface area contributed by atoms with E-state index in [1.807, 2.05) is 0 Å². The molecule has 2 saturated heterocycles. The molecule has 2 aliphatic rings. The Balaban J connectivity index is 1.56. The van der Waals surface area contributed by atoms with Gasteiger partial charge in [0.15, 0.2) is 0 Å². The van der Waals surface area contributed by atoms with Crippen molar-refractivity contribution in [3.63, 3.8) is 0 Å². The molecule has 0 N–H and O–H groups in total. The van der Waals surface area contributed by atoms with Gasteiger partial charge < -0.3 is 9.80 Å². The minimum Gasteiger partial charge on any atom is -0.303 e. The Kier molecular flexibility index (Phi) is 8.40. The second-order valence-corrected chi connectivity index (χ2v) is 8.97. The Hall–Kier alpha value is -0.0800. The normalized spacial score (nSPS) is 24.4. The fraction of sp³-hybridized carbons (Fsp3) is 1.00. The largest absolute Gasteiger partial charge is 0.303 e. The van der Waals surface area contributed by atoms with Crippen molar-refractivity contribution in [3.05, 3.63) is 0 Å². The summed E-state index contributed by atoms with van der Waals surface area (Å²) in [6, 6.07) is 0. The molecular formula is C21H42N2. The van der Waals surface area contributed by atoms with Crippen LogP contribution in [0.2, 0.25) is 0 Å². The standard InChI is InChI=1S/C21H42N2/c1-5-19(4)17-23-14-10-21(11-15-23)7-6-20-8-12-22(13-9-20)16-18(2)3/h18-21H,5-17H2,1-4H3. The summed E-state index contributed by atoms with van der Waals surface area (Å²) in [4.78, 5) is 5.41. The van der Waals surface area contributed by atoms with Crippen LogP contribution in [0.4, 0.5) is 0 Å². The van der Waals surface area contributed by atoms with Crippen LogP contribution in [0.3, 0.4) is 0 Å². The predicted molar refractivity (Wildman–Crippen MR) is 102 cm³/mol. The first-order chi connectivity index (χ1) is 11.1. The molecule has 2 heterocycles. The number of hydrogen-bond donors (Lipinski definition) is 0. The SMILES string of the molecule is CCC(C)CN1CCC(CCC2CCN(CC(C)C)CC2)CC1. The van der Waals surface area contributed by atoms with Gasteiger partial charge in [0.05, 0.1) is 0 Å². The average molecular weight is 323 g/mol. The fourth-order valence-electron chi connectivity index (χ4n) is 4.47. The lowest BCUT2D eigenvalue weighted by molar-refractivity contribution is 0.137. The molecule has 0 aromatic carbocycles. The molecule has 0 saturated carbocycles. The monoisotopic (exact) mass is 322 g/mol. The number of nitrogens with zero attached hydrogens (tertiary/aromatic N) is 2. The van der Waals surface area contributed by atoms with E-state index < -0.39 is 0 Å². The van der Waals surface area contributed by atoms with E-state index in [1.165, 1.54) is 84.2 Å². The highest BCUT2D eigenvalue weighted by molar-refractivity contribution is 4.77. The maximum atomic E-state index is 2.72. The van der Waals surface area contributed by atoms with Crippen molar-refractivity contribution in [3.8, 4) is 0 Å². The molecule has 0 aromatic heterocycles. The molecule has 1 atom stereocenters. The van der Waals surface area contributed by atoms with Gasteiger partial charge in [-0.2, -0.15) is 0 Å². The lowest BCUT2D eigenvalue weighted by Gasteiger charge is -2.36. The van der Waals surface area contributed by atoms with Crippen molar-refractivity contribution in [2.75, 3.05) is 39.3 Å². The number of rotatable bonds is 8. The minimum atomic E-state index is 0.826. The van der Waals surface area contributed by atoms with Gasteiger partial charge in [0, 0.05) is 13.1 Å². The van der Waals surface area contributed by atoms with Gasteiger partial charge in [-0.05, 0) is 75.5 Å². The molecule has 0 bridgehead atoms. The van der Waals surface area contributed by atoms with E-state index in [9.17, 15) is 0 Å². The average Bonchev–Trinajstić information content (AvgIpc) is 2.55. The van der Waals surface area contributed by atoms with E-state index in [0.29, 0.717) is 0 Å². The van der Waals surface area contributed by atoms with E-state index in [-0.39, 0.29) is 0 Å². The number of likely N-dealkylation sites (tertiary alicyclic amines) is 2. The van der Waals surface area contributed by atoms with E-state index in [4.69, 9.17) is 0 Å². The van der Waals surface area contributed by atoms with Gasteiger partial charge in [-0.15, -0.1) is 0 Å². The predicted octanol–water partition coefficient (Wildman–Crippen LogP) is 4.89. The molecular weight excluding hydrogens is 280 g/mol.